The van der Waals surface area contributed by atoms with E-state index in [0.717, 1.165) is 11.8 Å². The van der Waals surface area contributed by atoms with Crippen LogP contribution in [-0.2, 0) is 9.59 Å². The van der Waals surface area contributed by atoms with E-state index in [1.54, 1.807) is 24.3 Å². The second-order valence-electron chi connectivity index (χ2n) is 5.12. The molecule has 0 bridgehead atoms. The summed E-state index contributed by atoms with van der Waals surface area (Å²) in [5.74, 6) is -1.76. The number of carboxylic acid groups (broad SMARTS) is 1. The molecule has 1 unspecified atom stereocenters. The second kappa shape index (κ2) is 6.91. The highest BCUT2D eigenvalue weighted by atomic mass is 32.2. The van der Waals surface area contributed by atoms with Gasteiger partial charge in [-0.2, -0.15) is 0 Å². The molecular weight excluding hydrogens is 309 g/mol. The maximum Gasteiger partial charge on any atom is 0.343 e. The van der Waals surface area contributed by atoms with Gasteiger partial charge in [0.2, 0.25) is 11.6 Å². The lowest BCUT2D eigenvalue weighted by Crippen LogP contribution is -2.39. The number of likely N-dealkylation sites (tertiary alicyclic amines) is 1. The lowest BCUT2D eigenvalue weighted by molar-refractivity contribution is -0.150. The molecule has 1 fully saturated rings. The van der Waals surface area contributed by atoms with Crippen LogP contribution in [0.2, 0.25) is 0 Å². The van der Waals surface area contributed by atoms with Crippen molar-refractivity contribution in [2.24, 2.45) is 0 Å². The standard InChI is InChI=1S/C15H16FNO4S/c16-15(14(20)21)6-7-17(10-15)13(19)9-22-8-12(18)11-4-2-1-3-5-11/h1-5H,6-10H2,(H,20,21). The minimum absolute atomic E-state index is 0.0360. The Balaban J connectivity index is 1.77. The molecule has 5 nitrogen and oxygen atoms in total. The fourth-order valence-electron chi connectivity index (χ4n) is 2.19. The summed E-state index contributed by atoms with van der Waals surface area (Å²) in [6.07, 6.45) is -0.193. The number of carbonyl (C=O) groups is 3. The van der Waals surface area contributed by atoms with Crippen molar-refractivity contribution in [1.29, 1.82) is 0 Å². The number of ketones is 1. The Morgan fingerprint density at radius 3 is 2.50 bits per heavy atom. The van der Waals surface area contributed by atoms with Crippen LogP contribution in [0.4, 0.5) is 4.39 Å². The van der Waals surface area contributed by atoms with Crippen LogP contribution in [0.3, 0.4) is 0 Å². The van der Waals surface area contributed by atoms with E-state index in [-0.39, 0.29) is 36.2 Å². The SMILES string of the molecule is O=C(CSCC(=O)N1CCC(F)(C(=O)O)C1)c1ccccc1. The van der Waals surface area contributed by atoms with E-state index in [0.29, 0.717) is 5.56 Å². The third-order valence-corrected chi connectivity index (χ3v) is 4.43. The molecule has 118 valence electrons. The van der Waals surface area contributed by atoms with Crippen LogP contribution in [-0.4, -0.2) is 57.9 Å². The van der Waals surface area contributed by atoms with E-state index in [1.165, 1.54) is 4.90 Å². The van der Waals surface area contributed by atoms with Gasteiger partial charge in [0.05, 0.1) is 18.1 Å². The van der Waals surface area contributed by atoms with Crippen LogP contribution >= 0.6 is 11.8 Å². The number of nitrogens with zero attached hydrogens (tertiary/aromatic N) is 1. The number of amides is 1. The molecular formula is C15H16FNO4S. The van der Waals surface area contributed by atoms with Gasteiger partial charge in [-0.3, -0.25) is 9.59 Å². The molecule has 0 saturated carbocycles. The molecule has 0 radical (unpaired) electrons. The molecule has 0 spiro atoms. The first-order valence-corrected chi connectivity index (χ1v) is 7.94. The fourth-order valence-corrected chi connectivity index (χ4v) is 3.00. The van der Waals surface area contributed by atoms with Gasteiger partial charge in [-0.1, -0.05) is 30.3 Å². The summed E-state index contributed by atoms with van der Waals surface area (Å²) in [4.78, 5) is 35.8. The number of Topliss-reactive ketones (excluding diaryl/α,β-unsaturated/α-hetero) is 1. The monoisotopic (exact) mass is 325 g/mol. The Labute approximate surface area is 131 Å². The largest absolute Gasteiger partial charge is 0.479 e. The number of halogens is 1. The first kappa shape index (κ1) is 16.5. The number of carbonyl (C=O) groups excluding carboxylic acids is 2. The van der Waals surface area contributed by atoms with Crippen LogP contribution in [0.15, 0.2) is 30.3 Å². The molecule has 2 rings (SSSR count). The summed E-state index contributed by atoms with van der Waals surface area (Å²) in [6, 6.07) is 8.75. The number of hydrogen-bond donors (Lipinski definition) is 1. The highest BCUT2D eigenvalue weighted by molar-refractivity contribution is 8.00. The van der Waals surface area contributed by atoms with Crippen molar-refractivity contribution in [3.63, 3.8) is 0 Å². The van der Waals surface area contributed by atoms with Gasteiger partial charge in [0.1, 0.15) is 0 Å². The molecule has 1 saturated heterocycles. The summed E-state index contributed by atoms with van der Waals surface area (Å²) in [5, 5.41) is 8.78. The predicted molar refractivity (Wildman–Crippen MR) is 80.8 cm³/mol. The third kappa shape index (κ3) is 3.85. The average Bonchev–Trinajstić information content (AvgIpc) is 2.92. The molecule has 1 amide bonds. The van der Waals surface area contributed by atoms with E-state index >= 15 is 0 Å². The minimum Gasteiger partial charge on any atom is -0.479 e. The minimum atomic E-state index is -2.35. The number of aliphatic carboxylic acids is 1. The molecule has 1 aliphatic heterocycles. The summed E-state index contributed by atoms with van der Waals surface area (Å²) in [6.45, 7) is -0.330. The summed E-state index contributed by atoms with van der Waals surface area (Å²) in [7, 11) is 0. The van der Waals surface area contributed by atoms with Crippen molar-refractivity contribution in [3.05, 3.63) is 35.9 Å². The molecule has 1 N–H and O–H groups in total. The first-order chi connectivity index (χ1) is 10.4. The number of carboxylic acids is 1. The average molecular weight is 325 g/mol. The zero-order chi connectivity index (χ0) is 16.2. The quantitative estimate of drug-likeness (QED) is 0.805. The Morgan fingerprint density at radius 2 is 1.91 bits per heavy atom. The Hall–Kier alpha value is -1.89. The van der Waals surface area contributed by atoms with Crippen molar-refractivity contribution in [3.8, 4) is 0 Å². The number of hydrogen-bond acceptors (Lipinski definition) is 4. The van der Waals surface area contributed by atoms with Crippen LogP contribution in [0.1, 0.15) is 16.8 Å². The molecule has 1 aromatic carbocycles. The summed E-state index contributed by atoms with van der Waals surface area (Å²) < 4.78 is 13.9. The molecule has 0 aromatic heterocycles. The number of rotatable bonds is 6. The first-order valence-electron chi connectivity index (χ1n) is 6.78. The van der Waals surface area contributed by atoms with E-state index in [2.05, 4.69) is 0 Å². The summed E-state index contributed by atoms with van der Waals surface area (Å²) in [5.41, 5.74) is -1.77. The molecule has 1 atom stereocenters. The molecule has 0 aliphatic carbocycles. The Kier molecular flexibility index (Phi) is 5.18. The molecule has 1 heterocycles. The smallest absolute Gasteiger partial charge is 0.343 e. The lowest BCUT2D eigenvalue weighted by Gasteiger charge is -2.17. The van der Waals surface area contributed by atoms with Gasteiger partial charge in [0.25, 0.3) is 0 Å². The van der Waals surface area contributed by atoms with E-state index in [1.807, 2.05) is 6.07 Å². The van der Waals surface area contributed by atoms with Crippen molar-refractivity contribution >= 4 is 29.4 Å². The van der Waals surface area contributed by atoms with Crippen LogP contribution in [0.5, 0.6) is 0 Å². The van der Waals surface area contributed by atoms with Gasteiger partial charge in [-0.25, -0.2) is 9.18 Å². The number of alkyl halides is 1. The van der Waals surface area contributed by atoms with Crippen molar-refractivity contribution < 1.29 is 23.9 Å². The molecule has 1 aliphatic rings. The van der Waals surface area contributed by atoms with Gasteiger partial charge < -0.3 is 10.0 Å². The van der Waals surface area contributed by atoms with Crippen LogP contribution < -0.4 is 0 Å². The predicted octanol–water partition coefficient (Wildman–Crippen LogP) is 1.63. The van der Waals surface area contributed by atoms with Crippen molar-refractivity contribution in [2.75, 3.05) is 24.6 Å². The second-order valence-corrected chi connectivity index (χ2v) is 6.10. The van der Waals surface area contributed by atoms with Gasteiger partial charge >= 0.3 is 5.97 Å². The van der Waals surface area contributed by atoms with E-state index < -0.39 is 18.2 Å². The topological polar surface area (TPSA) is 74.7 Å². The molecule has 1 aromatic rings. The normalized spacial score (nSPS) is 20.9. The third-order valence-electron chi connectivity index (χ3n) is 3.51. The maximum absolute atomic E-state index is 13.9. The van der Waals surface area contributed by atoms with Crippen molar-refractivity contribution in [1.82, 2.24) is 4.90 Å². The van der Waals surface area contributed by atoms with Gasteiger partial charge in [-0.05, 0) is 0 Å². The highest BCUT2D eigenvalue weighted by Crippen LogP contribution is 2.26. The van der Waals surface area contributed by atoms with Gasteiger partial charge in [-0.15, -0.1) is 11.8 Å². The maximum atomic E-state index is 13.9. The van der Waals surface area contributed by atoms with Crippen molar-refractivity contribution in [2.45, 2.75) is 12.1 Å². The zero-order valence-electron chi connectivity index (χ0n) is 11.8. The van der Waals surface area contributed by atoms with E-state index in [4.69, 9.17) is 5.11 Å². The molecule has 22 heavy (non-hydrogen) atoms. The fraction of sp³-hybridized carbons (Fsp3) is 0.400. The lowest BCUT2D eigenvalue weighted by atomic mass is 10.1. The van der Waals surface area contributed by atoms with Gasteiger partial charge in [0, 0.05) is 18.5 Å². The zero-order valence-corrected chi connectivity index (χ0v) is 12.6. The van der Waals surface area contributed by atoms with Gasteiger partial charge in [0.15, 0.2) is 5.78 Å². The molecule has 7 heteroatoms. The Morgan fingerprint density at radius 1 is 1.23 bits per heavy atom. The van der Waals surface area contributed by atoms with Crippen LogP contribution in [0.25, 0.3) is 0 Å². The highest BCUT2D eigenvalue weighted by Gasteiger charge is 2.46. The Bertz CT molecular complexity index is 580. The summed E-state index contributed by atoms with van der Waals surface area (Å²) >= 11 is 1.15. The van der Waals surface area contributed by atoms with Crippen LogP contribution in [0, 0.1) is 0 Å². The number of thioether (sulfide) groups is 1. The van der Waals surface area contributed by atoms with E-state index in [9.17, 15) is 18.8 Å². The number of benzene rings is 1.